The SMILES string of the molecule is Cn1cc(-c2ncnc3cc(OC(F)F)c(O[C@@H]4CCN(C(=O)O)C[C@H]4F)cc23)c(-c2ccccc2)n1. The lowest BCUT2D eigenvalue weighted by atomic mass is 10.0. The van der Waals surface area contributed by atoms with Crippen LogP contribution < -0.4 is 9.47 Å². The number of likely N-dealkylation sites (tertiary alicyclic amines) is 1. The van der Waals surface area contributed by atoms with Gasteiger partial charge in [0, 0.05) is 48.8 Å². The van der Waals surface area contributed by atoms with Gasteiger partial charge in [-0.05, 0) is 6.07 Å². The first-order valence-electron chi connectivity index (χ1n) is 11.4. The van der Waals surface area contributed by atoms with Gasteiger partial charge >= 0.3 is 12.7 Å². The third-order valence-corrected chi connectivity index (χ3v) is 6.08. The Balaban J connectivity index is 1.59. The molecule has 0 unspecified atom stereocenters. The van der Waals surface area contributed by atoms with Crippen molar-refractivity contribution in [3.05, 3.63) is 55.0 Å². The highest BCUT2D eigenvalue weighted by Gasteiger charge is 2.34. The molecule has 1 N–H and O–H groups in total. The smallest absolute Gasteiger partial charge is 0.407 e. The topological polar surface area (TPSA) is 103 Å². The summed E-state index contributed by atoms with van der Waals surface area (Å²) in [6.45, 7) is -3.49. The van der Waals surface area contributed by atoms with E-state index >= 15 is 0 Å². The minimum atomic E-state index is -3.15. The molecule has 37 heavy (non-hydrogen) atoms. The van der Waals surface area contributed by atoms with Crippen molar-refractivity contribution in [3.8, 4) is 34.0 Å². The largest absolute Gasteiger partial charge is 0.483 e. The maximum atomic E-state index is 14.8. The number of aromatic nitrogens is 4. The number of alkyl halides is 3. The number of hydrogen-bond donors (Lipinski definition) is 1. The van der Waals surface area contributed by atoms with Crippen LogP contribution in [0.3, 0.4) is 0 Å². The summed E-state index contributed by atoms with van der Waals surface area (Å²) in [5.41, 5.74) is 2.97. The van der Waals surface area contributed by atoms with Gasteiger partial charge in [-0.2, -0.15) is 13.9 Å². The van der Waals surface area contributed by atoms with Gasteiger partial charge in [0.2, 0.25) is 0 Å². The molecule has 0 saturated carbocycles. The second kappa shape index (κ2) is 9.96. The van der Waals surface area contributed by atoms with Crippen LogP contribution in [0.2, 0.25) is 0 Å². The number of nitrogens with zero attached hydrogens (tertiary/aromatic N) is 5. The lowest BCUT2D eigenvalue weighted by Gasteiger charge is -2.33. The molecule has 9 nitrogen and oxygen atoms in total. The van der Waals surface area contributed by atoms with E-state index in [1.165, 1.54) is 18.5 Å². The normalized spacial score (nSPS) is 17.8. The van der Waals surface area contributed by atoms with Crippen molar-refractivity contribution in [3.63, 3.8) is 0 Å². The number of rotatable bonds is 6. The first-order valence-corrected chi connectivity index (χ1v) is 11.4. The van der Waals surface area contributed by atoms with Crippen LogP contribution in [0.15, 0.2) is 55.0 Å². The summed E-state index contributed by atoms with van der Waals surface area (Å²) in [4.78, 5) is 20.8. The second-order valence-electron chi connectivity index (χ2n) is 8.54. The van der Waals surface area contributed by atoms with E-state index in [0.29, 0.717) is 27.9 Å². The Hall–Kier alpha value is -4.35. The number of carboxylic acid groups (broad SMARTS) is 1. The highest BCUT2D eigenvalue weighted by atomic mass is 19.3. The summed E-state index contributed by atoms with van der Waals surface area (Å²) in [6.07, 6.45) is -0.813. The molecule has 1 saturated heterocycles. The van der Waals surface area contributed by atoms with Gasteiger partial charge in [0.1, 0.15) is 18.1 Å². The van der Waals surface area contributed by atoms with Crippen LogP contribution in [-0.2, 0) is 7.05 Å². The van der Waals surface area contributed by atoms with E-state index in [1.54, 1.807) is 17.9 Å². The molecular weight excluding hydrogens is 491 g/mol. The molecule has 192 valence electrons. The predicted molar refractivity (Wildman–Crippen MR) is 127 cm³/mol. The molecule has 1 fully saturated rings. The zero-order valence-corrected chi connectivity index (χ0v) is 19.6. The Bertz CT molecular complexity index is 1430. The summed E-state index contributed by atoms with van der Waals surface area (Å²) in [5, 5.41) is 14.2. The summed E-state index contributed by atoms with van der Waals surface area (Å²) in [6, 6.07) is 12.2. The van der Waals surface area contributed by atoms with Gasteiger partial charge in [0.15, 0.2) is 17.7 Å². The zero-order valence-electron chi connectivity index (χ0n) is 19.6. The van der Waals surface area contributed by atoms with Gasteiger partial charge in [-0.15, -0.1) is 0 Å². The molecular formula is C25H22F3N5O4. The monoisotopic (exact) mass is 513 g/mol. The Morgan fingerprint density at radius 2 is 1.92 bits per heavy atom. The van der Waals surface area contributed by atoms with E-state index in [9.17, 15) is 18.0 Å². The number of amides is 1. The molecule has 2 atom stereocenters. The summed E-state index contributed by atoms with van der Waals surface area (Å²) in [7, 11) is 1.77. The molecule has 5 rings (SSSR count). The van der Waals surface area contributed by atoms with E-state index in [2.05, 4.69) is 19.8 Å². The molecule has 3 heterocycles. The Kier molecular flexibility index (Phi) is 6.55. The Morgan fingerprint density at radius 1 is 1.14 bits per heavy atom. The van der Waals surface area contributed by atoms with Crippen molar-refractivity contribution in [2.75, 3.05) is 13.1 Å². The number of fused-ring (bicyclic) bond motifs is 1. The first-order chi connectivity index (χ1) is 17.8. The van der Waals surface area contributed by atoms with Gasteiger partial charge < -0.3 is 19.5 Å². The number of carbonyl (C=O) groups is 1. The standard InChI is InChI=1S/C25H22F3N5O4/c1-32-11-16(22(31-32)14-5-3-2-4-6-14)23-15-9-20(21(37-24(27)28)10-18(15)29-13-30-23)36-19-7-8-33(25(34)35)12-17(19)26/h2-6,9-11,13,17,19,24H,7-8,12H2,1H3,(H,34,35)/t17-,19-/m1/s1. The zero-order chi connectivity index (χ0) is 26.1. The van der Waals surface area contributed by atoms with Gasteiger partial charge in [-0.1, -0.05) is 30.3 Å². The molecule has 0 aliphatic carbocycles. The van der Waals surface area contributed by atoms with Crippen molar-refractivity contribution in [1.29, 1.82) is 0 Å². The van der Waals surface area contributed by atoms with Crippen molar-refractivity contribution >= 4 is 17.0 Å². The van der Waals surface area contributed by atoms with Gasteiger partial charge in [0.05, 0.1) is 17.8 Å². The molecule has 2 aromatic heterocycles. The third-order valence-electron chi connectivity index (χ3n) is 6.08. The van der Waals surface area contributed by atoms with Crippen molar-refractivity contribution < 1.29 is 32.5 Å². The highest BCUT2D eigenvalue weighted by molar-refractivity contribution is 5.97. The van der Waals surface area contributed by atoms with Gasteiger partial charge in [-0.25, -0.2) is 19.2 Å². The van der Waals surface area contributed by atoms with Gasteiger partial charge in [0.25, 0.3) is 0 Å². The number of hydrogen-bond acceptors (Lipinski definition) is 6. The number of ether oxygens (including phenoxy) is 2. The van der Waals surface area contributed by atoms with Crippen molar-refractivity contribution in [2.24, 2.45) is 7.05 Å². The fourth-order valence-corrected chi connectivity index (χ4v) is 4.38. The number of piperidine rings is 1. The molecule has 4 aromatic rings. The maximum absolute atomic E-state index is 14.8. The molecule has 0 spiro atoms. The number of halogens is 3. The molecule has 0 radical (unpaired) electrons. The van der Waals surface area contributed by atoms with Crippen LogP contribution in [0.4, 0.5) is 18.0 Å². The summed E-state index contributed by atoms with van der Waals surface area (Å²) >= 11 is 0. The van der Waals surface area contributed by atoms with Crippen LogP contribution in [0.25, 0.3) is 33.4 Å². The average Bonchev–Trinajstić information content (AvgIpc) is 3.26. The molecule has 1 aliphatic rings. The lowest BCUT2D eigenvalue weighted by molar-refractivity contribution is -0.0535. The number of aryl methyl sites for hydroxylation is 1. The van der Waals surface area contributed by atoms with E-state index in [4.69, 9.17) is 9.84 Å². The predicted octanol–water partition coefficient (Wildman–Crippen LogP) is 4.77. The van der Waals surface area contributed by atoms with Crippen LogP contribution in [0.1, 0.15) is 6.42 Å². The third kappa shape index (κ3) is 4.99. The fraction of sp³-hybridized carbons (Fsp3) is 0.280. The van der Waals surface area contributed by atoms with E-state index in [1.807, 2.05) is 30.3 Å². The van der Waals surface area contributed by atoms with E-state index < -0.39 is 25.0 Å². The summed E-state index contributed by atoms with van der Waals surface area (Å²) in [5.74, 6) is -0.431. The highest BCUT2D eigenvalue weighted by Crippen LogP contribution is 2.40. The van der Waals surface area contributed by atoms with E-state index in [-0.39, 0.29) is 31.0 Å². The molecule has 12 heteroatoms. The van der Waals surface area contributed by atoms with Gasteiger partial charge in [-0.3, -0.25) is 4.68 Å². The Morgan fingerprint density at radius 3 is 2.62 bits per heavy atom. The fourth-order valence-electron chi connectivity index (χ4n) is 4.38. The van der Waals surface area contributed by atoms with Crippen LogP contribution in [-0.4, -0.2) is 67.8 Å². The molecule has 1 aliphatic heterocycles. The second-order valence-corrected chi connectivity index (χ2v) is 8.54. The number of benzene rings is 2. The van der Waals surface area contributed by atoms with E-state index in [0.717, 1.165) is 10.5 Å². The minimum Gasteiger partial charge on any atom is -0.483 e. The van der Waals surface area contributed by atoms with Crippen molar-refractivity contribution in [1.82, 2.24) is 24.6 Å². The minimum absolute atomic E-state index is 0.0402. The molecule has 0 bridgehead atoms. The maximum Gasteiger partial charge on any atom is 0.407 e. The summed E-state index contributed by atoms with van der Waals surface area (Å²) < 4.78 is 53.3. The average molecular weight is 513 g/mol. The molecule has 2 aromatic carbocycles. The lowest BCUT2D eigenvalue weighted by Crippen LogP contribution is -2.48. The van der Waals surface area contributed by atoms with Crippen LogP contribution in [0.5, 0.6) is 11.5 Å². The Labute approximate surface area is 209 Å². The van der Waals surface area contributed by atoms with Crippen LogP contribution >= 0.6 is 0 Å². The quantitative estimate of drug-likeness (QED) is 0.396. The van der Waals surface area contributed by atoms with Crippen molar-refractivity contribution in [2.45, 2.75) is 25.3 Å². The molecule has 1 amide bonds. The first kappa shape index (κ1) is 24.3. The van der Waals surface area contributed by atoms with Crippen LogP contribution in [0, 0.1) is 0 Å².